The fraction of sp³-hybridized carbons (Fsp3) is 0.278. The van der Waals surface area contributed by atoms with E-state index in [0.29, 0.717) is 23.0 Å². The first-order valence-corrected chi connectivity index (χ1v) is 8.36. The zero-order valence-electron chi connectivity index (χ0n) is 13.7. The van der Waals surface area contributed by atoms with Crippen LogP contribution in [0.2, 0.25) is 0 Å². The Bertz CT molecular complexity index is 915. The van der Waals surface area contributed by atoms with Crippen molar-refractivity contribution < 1.29 is 9.21 Å². The molecular weight excluding hydrogens is 318 g/mol. The smallest absolute Gasteiger partial charge is 0.252 e. The van der Waals surface area contributed by atoms with Crippen LogP contribution >= 0.6 is 0 Å². The van der Waals surface area contributed by atoms with E-state index >= 15 is 0 Å². The number of aromatic nitrogens is 2. The number of amides is 1. The highest BCUT2D eigenvalue weighted by molar-refractivity contribution is 5.98. The van der Waals surface area contributed by atoms with Crippen LogP contribution in [0.15, 0.2) is 41.3 Å². The van der Waals surface area contributed by atoms with Gasteiger partial charge < -0.3 is 20.8 Å². The second-order valence-electron chi connectivity index (χ2n) is 6.26. The number of pyridine rings is 1. The van der Waals surface area contributed by atoms with Crippen molar-refractivity contribution in [2.24, 2.45) is 5.73 Å². The molecule has 1 fully saturated rings. The Morgan fingerprint density at radius 2 is 2.04 bits per heavy atom. The topological polar surface area (TPSA) is 106 Å². The summed E-state index contributed by atoms with van der Waals surface area (Å²) in [6.45, 7) is 0. The van der Waals surface area contributed by atoms with Gasteiger partial charge in [0, 0.05) is 30.1 Å². The normalized spacial score (nSPS) is 14.7. The number of carbonyl (C=O) groups excluding carboxylic acids is 1. The maximum absolute atomic E-state index is 11.7. The minimum Gasteiger partial charge on any atom is -0.443 e. The first kappa shape index (κ1) is 15.4. The summed E-state index contributed by atoms with van der Waals surface area (Å²) >= 11 is 0. The largest absolute Gasteiger partial charge is 0.443 e. The Hall–Kier alpha value is -3.09. The molecule has 7 nitrogen and oxygen atoms in total. The lowest BCUT2D eigenvalue weighted by molar-refractivity contribution is 0.100. The monoisotopic (exact) mass is 337 g/mol. The Labute approximate surface area is 144 Å². The van der Waals surface area contributed by atoms with Gasteiger partial charge in [-0.05, 0) is 25.0 Å². The molecule has 7 heteroatoms. The number of oxazole rings is 1. The molecule has 0 bridgehead atoms. The summed E-state index contributed by atoms with van der Waals surface area (Å²) in [5.41, 5.74) is 8.93. The number of rotatable bonds is 5. The second-order valence-corrected chi connectivity index (χ2v) is 6.26. The average Bonchev–Trinajstić information content (AvgIpc) is 3.26. The fourth-order valence-corrected chi connectivity index (χ4v) is 3.21. The van der Waals surface area contributed by atoms with E-state index in [0.717, 1.165) is 29.7 Å². The molecule has 0 spiro atoms. The van der Waals surface area contributed by atoms with Crippen LogP contribution in [0.3, 0.4) is 0 Å². The minimum atomic E-state index is -0.484. The van der Waals surface area contributed by atoms with Gasteiger partial charge in [0.1, 0.15) is 11.3 Å². The lowest BCUT2D eigenvalue weighted by Crippen LogP contribution is -2.20. The second kappa shape index (κ2) is 6.43. The van der Waals surface area contributed by atoms with Crippen molar-refractivity contribution in [3.8, 4) is 0 Å². The molecule has 3 aromatic rings. The molecule has 2 heterocycles. The Morgan fingerprint density at radius 1 is 1.20 bits per heavy atom. The summed E-state index contributed by atoms with van der Waals surface area (Å²) in [6.07, 6.45) is 7.54. The summed E-state index contributed by atoms with van der Waals surface area (Å²) in [5.74, 6) is 0.145. The van der Waals surface area contributed by atoms with Gasteiger partial charge in [-0.2, -0.15) is 0 Å². The number of hydrogen-bond acceptors (Lipinski definition) is 6. The van der Waals surface area contributed by atoms with Crippen molar-refractivity contribution in [3.63, 3.8) is 0 Å². The lowest BCUT2D eigenvalue weighted by Gasteiger charge is -2.17. The molecule has 1 saturated carbocycles. The van der Waals surface area contributed by atoms with E-state index in [4.69, 9.17) is 10.2 Å². The highest BCUT2D eigenvalue weighted by atomic mass is 16.3. The number of primary amides is 1. The third kappa shape index (κ3) is 3.26. The number of nitrogens with zero attached hydrogens (tertiary/aromatic N) is 2. The van der Waals surface area contributed by atoms with Gasteiger partial charge in [0.2, 0.25) is 0 Å². The summed E-state index contributed by atoms with van der Waals surface area (Å²) in [6, 6.07) is 7.83. The van der Waals surface area contributed by atoms with Crippen molar-refractivity contribution in [1.29, 1.82) is 0 Å². The lowest BCUT2D eigenvalue weighted by atomic mass is 10.1. The van der Waals surface area contributed by atoms with Crippen molar-refractivity contribution >= 4 is 34.2 Å². The molecular formula is C18H19N5O2. The third-order valence-electron chi connectivity index (χ3n) is 4.49. The molecule has 0 radical (unpaired) electrons. The first-order chi connectivity index (χ1) is 12.2. The summed E-state index contributed by atoms with van der Waals surface area (Å²) < 4.78 is 5.31. The maximum Gasteiger partial charge on any atom is 0.252 e. The Morgan fingerprint density at radius 3 is 2.84 bits per heavy atom. The van der Waals surface area contributed by atoms with E-state index in [2.05, 4.69) is 20.6 Å². The number of nitrogens with one attached hydrogen (secondary N) is 2. The number of hydrogen-bond donors (Lipinski definition) is 3. The van der Waals surface area contributed by atoms with E-state index < -0.39 is 5.91 Å². The van der Waals surface area contributed by atoms with Crippen LogP contribution in [0.25, 0.3) is 11.1 Å². The van der Waals surface area contributed by atoms with E-state index in [1.54, 1.807) is 0 Å². The van der Waals surface area contributed by atoms with Crippen LogP contribution in [0, 0.1) is 0 Å². The van der Waals surface area contributed by atoms with E-state index in [9.17, 15) is 4.79 Å². The van der Waals surface area contributed by atoms with E-state index in [-0.39, 0.29) is 0 Å². The summed E-state index contributed by atoms with van der Waals surface area (Å²) in [7, 11) is 0. The Balaban J connectivity index is 1.61. The summed E-state index contributed by atoms with van der Waals surface area (Å²) in [5, 5.41) is 6.66. The van der Waals surface area contributed by atoms with Gasteiger partial charge in [-0.1, -0.05) is 12.8 Å². The molecule has 2 aromatic heterocycles. The fourth-order valence-electron chi connectivity index (χ4n) is 3.21. The molecule has 0 aliphatic heterocycles. The molecule has 0 atom stereocenters. The van der Waals surface area contributed by atoms with Gasteiger partial charge in [-0.15, -0.1) is 0 Å². The Kier molecular flexibility index (Phi) is 3.97. The van der Waals surface area contributed by atoms with Gasteiger partial charge in [0.05, 0.1) is 11.3 Å². The quantitative estimate of drug-likeness (QED) is 0.658. The molecule has 0 unspecified atom stereocenters. The molecule has 1 amide bonds. The van der Waals surface area contributed by atoms with Gasteiger partial charge in [-0.3, -0.25) is 4.79 Å². The van der Waals surface area contributed by atoms with Gasteiger partial charge in [0.25, 0.3) is 5.91 Å². The van der Waals surface area contributed by atoms with Crippen LogP contribution in [0.5, 0.6) is 0 Å². The average molecular weight is 337 g/mol. The highest BCUT2D eigenvalue weighted by Crippen LogP contribution is 2.27. The van der Waals surface area contributed by atoms with Gasteiger partial charge in [0.15, 0.2) is 12.0 Å². The number of benzene rings is 1. The van der Waals surface area contributed by atoms with Crippen LogP contribution < -0.4 is 16.4 Å². The van der Waals surface area contributed by atoms with Crippen LogP contribution in [-0.4, -0.2) is 21.9 Å². The van der Waals surface area contributed by atoms with Crippen LogP contribution in [0.1, 0.15) is 36.0 Å². The van der Waals surface area contributed by atoms with Gasteiger partial charge >= 0.3 is 0 Å². The standard InChI is InChI=1S/C18H19N5O2/c19-18(24)13-9-20-17(8-15(13)22-11-3-1-2-4-11)23-12-5-6-14-16(7-12)25-10-21-14/h5-11H,1-4H2,(H2,19,24)(H2,20,22,23). The van der Waals surface area contributed by atoms with Crippen molar-refractivity contribution in [1.82, 2.24) is 9.97 Å². The maximum atomic E-state index is 11.7. The SMILES string of the molecule is NC(=O)c1cnc(Nc2ccc3ncoc3c2)cc1NC1CCCC1. The predicted octanol–water partition coefficient (Wildman–Crippen LogP) is 3.42. The number of fused-ring (bicyclic) bond motifs is 1. The predicted molar refractivity (Wildman–Crippen MR) is 95.9 cm³/mol. The first-order valence-electron chi connectivity index (χ1n) is 8.36. The molecule has 0 saturated heterocycles. The zero-order valence-corrected chi connectivity index (χ0v) is 13.7. The molecule has 128 valence electrons. The van der Waals surface area contributed by atoms with Crippen LogP contribution in [-0.2, 0) is 0 Å². The van der Waals surface area contributed by atoms with E-state index in [1.165, 1.54) is 25.4 Å². The molecule has 25 heavy (non-hydrogen) atoms. The van der Waals surface area contributed by atoms with Crippen molar-refractivity contribution in [2.45, 2.75) is 31.7 Å². The van der Waals surface area contributed by atoms with Crippen LogP contribution in [0.4, 0.5) is 17.2 Å². The molecule has 1 aromatic carbocycles. The third-order valence-corrected chi connectivity index (χ3v) is 4.49. The molecule has 1 aliphatic rings. The molecule has 4 rings (SSSR count). The van der Waals surface area contributed by atoms with E-state index in [1.807, 2.05) is 24.3 Å². The zero-order chi connectivity index (χ0) is 17.2. The highest BCUT2D eigenvalue weighted by Gasteiger charge is 2.18. The molecule has 4 N–H and O–H groups in total. The number of anilines is 3. The summed E-state index contributed by atoms with van der Waals surface area (Å²) in [4.78, 5) is 20.1. The number of nitrogens with two attached hydrogens (primary N) is 1. The van der Waals surface area contributed by atoms with Gasteiger partial charge in [-0.25, -0.2) is 9.97 Å². The molecule has 1 aliphatic carbocycles. The minimum absolute atomic E-state index is 0.374. The van der Waals surface area contributed by atoms with Crippen molar-refractivity contribution in [3.05, 3.63) is 42.4 Å². The van der Waals surface area contributed by atoms with Crippen molar-refractivity contribution in [2.75, 3.05) is 10.6 Å². The number of carbonyl (C=O) groups is 1.